The lowest BCUT2D eigenvalue weighted by molar-refractivity contribution is 0.0979. The number of aryl methyl sites for hydroxylation is 1. The topological polar surface area (TPSA) is 63.6 Å². The molecule has 1 N–H and O–H groups in total. The van der Waals surface area contributed by atoms with Crippen LogP contribution in [0.25, 0.3) is 11.1 Å². The predicted molar refractivity (Wildman–Crippen MR) is 114 cm³/mol. The number of aldehydes is 1. The number of phenolic OH excluding ortho intramolecular Hbond substituents is 1. The molecule has 0 spiro atoms. The molecule has 154 valence electrons. The van der Waals surface area contributed by atoms with Crippen LogP contribution in [0.1, 0.15) is 45.5 Å². The SMILES string of the molecule is COc1ccc(CCCCC(=O)c2cccc(-c3cc(F)c(O)c(C=O)c3)c2)cc1. The number of ether oxygens (including phenoxy) is 1. The van der Waals surface area contributed by atoms with Crippen molar-refractivity contribution in [3.8, 4) is 22.6 Å². The van der Waals surface area contributed by atoms with Crippen LogP contribution in [0, 0.1) is 5.82 Å². The van der Waals surface area contributed by atoms with E-state index < -0.39 is 11.6 Å². The maximum atomic E-state index is 13.9. The highest BCUT2D eigenvalue weighted by Crippen LogP contribution is 2.29. The summed E-state index contributed by atoms with van der Waals surface area (Å²) >= 11 is 0. The molecule has 0 fully saturated rings. The fraction of sp³-hybridized carbons (Fsp3) is 0.200. The lowest BCUT2D eigenvalue weighted by Crippen LogP contribution is -2.00. The van der Waals surface area contributed by atoms with E-state index in [9.17, 15) is 19.1 Å². The Morgan fingerprint density at radius 3 is 2.50 bits per heavy atom. The number of halogens is 1. The van der Waals surface area contributed by atoms with Gasteiger partial charge >= 0.3 is 0 Å². The Hall–Kier alpha value is -3.47. The summed E-state index contributed by atoms with van der Waals surface area (Å²) in [6.07, 6.45) is 3.36. The highest BCUT2D eigenvalue weighted by molar-refractivity contribution is 5.97. The molecule has 0 aliphatic rings. The van der Waals surface area contributed by atoms with Gasteiger partial charge in [-0.1, -0.05) is 30.3 Å². The predicted octanol–water partition coefficient (Wildman–Crippen LogP) is 5.62. The van der Waals surface area contributed by atoms with Gasteiger partial charge in [-0.25, -0.2) is 4.39 Å². The van der Waals surface area contributed by atoms with Gasteiger partial charge in [-0.2, -0.15) is 0 Å². The first kappa shape index (κ1) is 21.2. The molecule has 3 aromatic rings. The molecule has 0 aliphatic carbocycles. The van der Waals surface area contributed by atoms with Crippen molar-refractivity contribution >= 4 is 12.1 Å². The van der Waals surface area contributed by atoms with Gasteiger partial charge in [0.05, 0.1) is 12.7 Å². The number of carbonyl (C=O) groups excluding carboxylic acids is 2. The zero-order valence-electron chi connectivity index (χ0n) is 16.7. The molecule has 3 rings (SSSR count). The Balaban J connectivity index is 1.62. The van der Waals surface area contributed by atoms with Crippen LogP contribution >= 0.6 is 0 Å². The van der Waals surface area contributed by atoms with Gasteiger partial charge in [0.2, 0.25) is 0 Å². The summed E-state index contributed by atoms with van der Waals surface area (Å²) in [7, 11) is 1.63. The van der Waals surface area contributed by atoms with Gasteiger partial charge in [0.15, 0.2) is 23.6 Å². The van der Waals surface area contributed by atoms with Crippen molar-refractivity contribution in [2.24, 2.45) is 0 Å². The maximum Gasteiger partial charge on any atom is 0.166 e. The normalized spacial score (nSPS) is 10.6. The van der Waals surface area contributed by atoms with Gasteiger partial charge in [-0.3, -0.25) is 9.59 Å². The summed E-state index contributed by atoms with van der Waals surface area (Å²) in [5.74, 6) is -0.702. The number of phenols is 1. The quantitative estimate of drug-likeness (QED) is 0.285. The fourth-order valence-corrected chi connectivity index (χ4v) is 3.30. The summed E-state index contributed by atoms with van der Waals surface area (Å²) in [5, 5.41) is 9.57. The molecule has 5 heteroatoms. The van der Waals surface area contributed by atoms with Gasteiger partial charge in [0, 0.05) is 12.0 Å². The van der Waals surface area contributed by atoms with E-state index in [1.807, 2.05) is 24.3 Å². The van der Waals surface area contributed by atoms with Crippen molar-refractivity contribution in [3.05, 3.63) is 83.2 Å². The highest BCUT2D eigenvalue weighted by atomic mass is 19.1. The molecule has 0 amide bonds. The van der Waals surface area contributed by atoms with E-state index in [0.717, 1.165) is 31.1 Å². The van der Waals surface area contributed by atoms with Crippen LogP contribution in [0.2, 0.25) is 0 Å². The number of hydrogen-bond donors (Lipinski definition) is 1. The molecular formula is C25H23FO4. The first-order chi connectivity index (χ1) is 14.5. The van der Waals surface area contributed by atoms with Crippen LogP contribution in [0.15, 0.2) is 60.7 Å². The zero-order valence-corrected chi connectivity index (χ0v) is 16.7. The smallest absolute Gasteiger partial charge is 0.166 e. The Kier molecular flexibility index (Phi) is 6.96. The lowest BCUT2D eigenvalue weighted by Gasteiger charge is -2.08. The second kappa shape index (κ2) is 9.83. The molecule has 0 atom stereocenters. The second-order valence-electron chi connectivity index (χ2n) is 7.07. The number of ketones is 1. The third-order valence-corrected chi connectivity index (χ3v) is 5.02. The van der Waals surface area contributed by atoms with Gasteiger partial charge in [-0.15, -0.1) is 0 Å². The molecule has 4 nitrogen and oxygen atoms in total. The minimum atomic E-state index is -0.870. The Labute approximate surface area is 174 Å². The molecule has 0 aromatic heterocycles. The van der Waals surface area contributed by atoms with E-state index >= 15 is 0 Å². The number of Topliss-reactive ketones (excluding diaryl/α,β-unsaturated/α-hetero) is 1. The Bertz CT molecular complexity index is 1040. The van der Waals surface area contributed by atoms with Crippen molar-refractivity contribution in [2.75, 3.05) is 7.11 Å². The van der Waals surface area contributed by atoms with E-state index in [0.29, 0.717) is 29.4 Å². The van der Waals surface area contributed by atoms with Crippen LogP contribution in [-0.2, 0) is 6.42 Å². The third kappa shape index (κ3) is 5.11. The second-order valence-corrected chi connectivity index (χ2v) is 7.07. The molecule has 0 radical (unpaired) electrons. The standard InChI is InChI=1S/C25H23FO4/c1-30-22-11-9-17(10-12-22)5-2-3-8-24(28)19-7-4-6-18(13-19)20-14-21(16-27)25(29)23(26)15-20/h4,6-7,9-16,29H,2-3,5,8H2,1H3. The van der Waals surface area contributed by atoms with E-state index in [1.54, 1.807) is 31.4 Å². The molecular weight excluding hydrogens is 383 g/mol. The summed E-state index contributed by atoms with van der Waals surface area (Å²) in [5.41, 5.74) is 2.66. The van der Waals surface area contributed by atoms with Gasteiger partial charge < -0.3 is 9.84 Å². The van der Waals surface area contributed by atoms with E-state index in [-0.39, 0.29) is 11.3 Å². The van der Waals surface area contributed by atoms with Gasteiger partial charge in [0.1, 0.15) is 5.75 Å². The first-order valence-corrected chi connectivity index (χ1v) is 9.76. The Morgan fingerprint density at radius 1 is 1.03 bits per heavy atom. The summed E-state index contributed by atoms with van der Waals surface area (Å²) in [6, 6.07) is 17.3. The monoisotopic (exact) mass is 406 g/mol. The summed E-state index contributed by atoms with van der Waals surface area (Å²) in [6.45, 7) is 0. The third-order valence-electron chi connectivity index (χ3n) is 5.02. The van der Waals surface area contributed by atoms with Crippen molar-refractivity contribution in [1.82, 2.24) is 0 Å². The molecule has 0 heterocycles. The van der Waals surface area contributed by atoms with E-state index in [4.69, 9.17) is 4.74 Å². The van der Waals surface area contributed by atoms with E-state index in [1.165, 1.54) is 11.6 Å². The minimum Gasteiger partial charge on any atom is -0.504 e. The van der Waals surface area contributed by atoms with Crippen LogP contribution in [0.3, 0.4) is 0 Å². The van der Waals surface area contributed by atoms with Crippen molar-refractivity contribution in [2.45, 2.75) is 25.7 Å². The molecule has 3 aromatic carbocycles. The average molecular weight is 406 g/mol. The molecule has 0 saturated carbocycles. The van der Waals surface area contributed by atoms with Gasteiger partial charge in [-0.05, 0) is 66.3 Å². The molecule has 0 saturated heterocycles. The molecule has 0 bridgehead atoms. The number of hydrogen-bond acceptors (Lipinski definition) is 4. The maximum absolute atomic E-state index is 13.9. The number of rotatable bonds is 9. The average Bonchev–Trinajstić information content (AvgIpc) is 2.78. The van der Waals surface area contributed by atoms with Crippen molar-refractivity contribution < 1.29 is 23.8 Å². The number of benzene rings is 3. The zero-order chi connectivity index (χ0) is 21.5. The fourth-order valence-electron chi connectivity index (χ4n) is 3.30. The van der Waals surface area contributed by atoms with Crippen LogP contribution in [0.5, 0.6) is 11.5 Å². The molecule has 0 unspecified atom stereocenters. The number of carbonyl (C=O) groups is 2. The van der Waals surface area contributed by atoms with E-state index in [2.05, 4.69) is 0 Å². The highest BCUT2D eigenvalue weighted by Gasteiger charge is 2.12. The lowest BCUT2D eigenvalue weighted by atomic mass is 9.97. The molecule has 30 heavy (non-hydrogen) atoms. The summed E-state index contributed by atoms with van der Waals surface area (Å²) < 4.78 is 19.0. The first-order valence-electron chi connectivity index (χ1n) is 9.76. The summed E-state index contributed by atoms with van der Waals surface area (Å²) in [4.78, 5) is 23.6. The van der Waals surface area contributed by atoms with Crippen LogP contribution in [0.4, 0.5) is 4.39 Å². The number of methoxy groups -OCH3 is 1. The van der Waals surface area contributed by atoms with Crippen molar-refractivity contribution in [1.29, 1.82) is 0 Å². The van der Waals surface area contributed by atoms with Crippen molar-refractivity contribution in [3.63, 3.8) is 0 Å². The minimum absolute atomic E-state index is 0.0152. The Morgan fingerprint density at radius 2 is 1.80 bits per heavy atom. The van der Waals surface area contributed by atoms with Gasteiger partial charge in [0.25, 0.3) is 0 Å². The largest absolute Gasteiger partial charge is 0.504 e. The van der Waals surface area contributed by atoms with Crippen LogP contribution in [-0.4, -0.2) is 24.3 Å². The molecule has 0 aliphatic heterocycles. The number of aromatic hydroxyl groups is 1. The number of unbranched alkanes of at least 4 members (excludes halogenated alkanes) is 1. The van der Waals surface area contributed by atoms with Crippen LogP contribution < -0.4 is 4.74 Å².